The number of methoxy groups -OCH3 is 1. The Morgan fingerprint density at radius 3 is 2.50 bits per heavy atom. The first-order valence-corrected chi connectivity index (χ1v) is 14.2. The highest BCUT2D eigenvalue weighted by Crippen LogP contribution is 2.62. The summed E-state index contributed by atoms with van der Waals surface area (Å²) in [5.74, 6) is -1.67. The number of rotatable bonds is 5. The number of Topliss-reactive ketones (excluding diaryl/α,β-unsaturated/α-hetero) is 2. The van der Waals surface area contributed by atoms with Gasteiger partial charge in [-0.3, -0.25) is 14.4 Å². The Morgan fingerprint density at radius 1 is 0.905 bits per heavy atom. The van der Waals surface area contributed by atoms with Gasteiger partial charge in [0.2, 0.25) is 5.91 Å². The number of ketones is 2. The molecule has 1 saturated heterocycles. The lowest BCUT2D eigenvalue weighted by Crippen LogP contribution is -2.49. The molecule has 1 N–H and O–H groups in total. The molecular weight excluding hydrogens is 571 g/mol. The number of halogens is 2. The standard InChI is InChI=1S/C34H24Cl2N2O4/c1-42-22-9-6-8-20(17-22)30(39)28-29(31(40)24-14-13-21(35)18-26(24)36)38-16-15-19-7-2-3-10-23(19)32(38)34(28)25-11-4-5-12-27(25)37-33(34)41/h2-18,28-29,32H,1H3,(H,37,41)/t28-,29+,32-,34+/m0/s1. The van der Waals surface area contributed by atoms with Crippen LogP contribution in [-0.2, 0) is 10.2 Å². The number of ether oxygens (including phenoxy) is 1. The molecule has 1 amide bonds. The topological polar surface area (TPSA) is 75.7 Å². The third kappa shape index (κ3) is 3.68. The molecule has 0 saturated carbocycles. The highest BCUT2D eigenvalue weighted by Gasteiger charge is 2.70. The van der Waals surface area contributed by atoms with Gasteiger partial charge in [0, 0.05) is 28.0 Å². The van der Waals surface area contributed by atoms with E-state index in [1.54, 1.807) is 36.4 Å². The molecule has 6 nitrogen and oxygen atoms in total. The molecule has 0 bridgehead atoms. The van der Waals surface area contributed by atoms with Crippen molar-refractivity contribution in [2.24, 2.45) is 5.92 Å². The highest BCUT2D eigenvalue weighted by atomic mass is 35.5. The van der Waals surface area contributed by atoms with Crippen molar-refractivity contribution in [1.29, 1.82) is 0 Å². The molecule has 8 heteroatoms. The predicted molar refractivity (Wildman–Crippen MR) is 162 cm³/mol. The molecule has 1 spiro atoms. The molecule has 0 aromatic heterocycles. The summed E-state index contributed by atoms with van der Waals surface area (Å²) < 4.78 is 5.42. The number of nitrogens with zero attached hydrogens (tertiary/aromatic N) is 1. The zero-order valence-electron chi connectivity index (χ0n) is 22.4. The normalized spacial score (nSPS) is 23.3. The molecule has 1 fully saturated rings. The van der Waals surface area contributed by atoms with E-state index in [1.165, 1.54) is 13.2 Å². The number of hydrogen-bond acceptors (Lipinski definition) is 5. The second-order valence-electron chi connectivity index (χ2n) is 10.7. The summed E-state index contributed by atoms with van der Waals surface area (Å²) in [5.41, 5.74) is 2.20. The third-order valence-corrected chi connectivity index (χ3v) is 9.22. The zero-order chi connectivity index (χ0) is 29.2. The van der Waals surface area contributed by atoms with Crippen LogP contribution in [-0.4, -0.2) is 35.5 Å². The van der Waals surface area contributed by atoms with Gasteiger partial charge < -0.3 is 15.0 Å². The van der Waals surface area contributed by atoms with E-state index in [0.29, 0.717) is 27.6 Å². The number of para-hydroxylation sites is 1. The van der Waals surface area contributed by atoms with Gasteiger partial charge in [-0.25, -0.2) is 0 Å². The maximum atomic E-state index is 14.9. The van der Waals surface area contributed by atoms with Gasteiger partial charge in [0.05, 0.1) is 24.1 Å². The summed E-state index contributed by atoms with van der Waals surface area (Å²) >= 11 is 12.8. The van der Waals surface area contributed by atoms with Crippen molar-refractivity contribution in [1.82, 2.24) is 4.90 Å². The SMILES string of the molecule is COc1cccc(C(=O)[C@@H]2[C@H](C(=O)c3ccc(Cl)cc3Cl)N3C=Cc4ccccc4[C@H]3[C@]23C(=O)Nc2ccccc23)c1. The highest BCUT2D eigenvalue weighted by molar-refractivity contribution is 6.37. The molecule has 3 heterocycles. The van der Waals surface area contributed by atoms with Gasteiger partial charge in [0.25, 0.3) is 0 Å². The van der Waals surface area contributed by atoms with E-state index >= 15 is 0 Å². The number of carbonyl (C=O) groups excluding carboxylic acids is 3. The van der Waals surface area contributed by atoms with Crippen LogP contribution in [0.3, 0.4) is 0 Å². The van der Waals surface area contributed by atoms with Gasteiger partial charge in [-0.1, -0.05) is 77.8 Å². The molecule has 0 radical (unpaired) electrons. The summed E-state index contributed by atoms with van der Waals surface area (Å²) in [6, 6.07) is 25.0. The number of anilines is 1. The first-order chi connectivity index (χ1) is 20.4. The number of amides is 1. The van der Waals surface area contributed by atoms with E-state index in [0.717, 1.165) is 11.1 Å². The van der Waals surface area contributed by atoms with Crippen molar-refractivity contribution in [3.63, 3.8) is 0 Å². The summed E-state index contributed by atoms with van der Waals surface area (Å²) in [4.78, 5) is 45.9. The van der Waals surface area contributed by atoms with Crippen LogP contribution in [0.4, 0.5) is 5.69 Å². The lowest BCUT2D eigenvalue weighted by Gasteiger charge is -2.38. The number of benzene rings is 4. The van der Waals surface area contributed by atoms with Crippen LogP contribution < -0.4 is 10.1 Å². The van der Waals surface area contributed by atoms with Crippen molar-refractivity contribution in [3.05, 3.63) is 135 Å². The van der Waals surface area contributed by atoms with Crippen molar-refractivity contribution >= 4 is 52.4 Å². The molecule has 4 aromatic rings. The van der Waals surface area contributed by atoms with E-state index in [1.807, 2.05) is 65.7 Å². The first-order valence-electron chi connectivity index (χ1n) is 13.5. The van der Waals surface area contributed by atoms with Crippen LogP contribution in [0, 0.1) is 5.92 Å². The Balaban J connectivity index is 1.54. The fourth-order valence-electron chi connectivity index (χ4n) is 6.97. The molecule has 3 aliphatic heterocycles. The monoisotopic (exact) mass is 594 g/mol. The predicted octanol–water partition coefficient (Wildman–Crippen LogP) is 6.98. The van der Waals surface area contributed by atoms with Crippen LogP contribution in [0.2, 0.25) is 10.0 Å². The minimum absolute atomic E-state index is 0.176. The van der Waals surface area contributed by atoms with Gasteiger partial charge in [-0.15, -0.1) is 0 Å². The summed E-state index contributed by atoms with van der Waals surface area (Å²) in [6.45, 7) is 0. The Kier molecular flexibility index (Phi) is 6.22. The molecule has 3 aliphatic rings. The van der Waals surface area contributed by atoms with Crippen LogP contribution in [0.5, 0.6) is 5.75 Å². The molecular formula is C34H24Cl2N2O4. The largest absolute Gasteiger partial charge is 0.497 e. The average Bonchev–Trinajstić information content (AvgIpc) is 3.48. The van der Waals surface area contributed by atoms with E-state index in [4.69, 9.17) is 27.9 Å². The second-order valence-corrected chi connectivity index (χ2v) is 11.5. The molecule has 7 rings (SSSR count). The number of carbonyl (C=O) groups is 3. The van der Waals surface area contributed by atoms with Crippen LogP contribution in [0.15, 0.2) is 97.2 Å². The van der Waals surface area contributed by atoms with Crippen molar-refractivity contribution in [2.45, 2.75) is 17.5 Å². The Hall–Kier alpha value is -4.39. The maximum absolute atomic E-state index is 14.9. The molecule has 208 valence electrons. The number of hydrogen-bond donors (Lipinski definition) is 1. The second kappa shape index (κ2) is 9.86. The van der Waals surface area contributed by atoms with Crippen molar-refractivity contribution in [3.8, 4) is 5.75 Å². The summed E-state index contributed by atoms with van der Waals surface area (Å²) in [7, 11) is 1.53. The van der Waals surface area contributed by atoms with E-state index in [2.05, 4.69) is 5.32 Å². The minimum Gasteiger partial charge on any atom is -0.497 e. The first kappa shape index (κ1) is 26.5. The molecule has 42 heavy (non-hydrogen) atoms. The fraction of sp³-hybridized carbons (Fsp3) is 0.147. The van der Waals surface area contributed by atoms with Crippen LogP contribution in [0.25, 0.3) is 6.08 Å². The smallest absolute Gasteiger partial charge is 0.238 e. The zero-order valence-corrected chi connectivity index (χ0v) is 23.9. The molecule has 0 unspecified atom stereocenters. The number of nitrogens with one attached hydrogen (secondary N) is 1. The summed E-state index contributed by atoms with van der Waals surface area (Å²) in [6.07, 6.45) is 3.74. The van der Waals surface area contributed by atoms with Gasteiger partial charge >= 0.3 is 0 Å². The van der Waals surface area contributed by atoms with Gasteiger partial charge in [-0.05, 0) is 59.2 Å². The van der Waals surface area contributed by atoms with E-state index < -0.39 is 23.4 Å². The third-order valence-electron chi connectivity index (χ3n) is 8.67. The van der Waals surface area contributed by atoms with Crippen LogP contribution >= 0.6 is 23.2 Å². The average molecular weight is 595 g/mol. The van der Waals surface area contributed by atoms with Gasteiger partial charge in [0.1, 0.15) is 17.2 Å². The minimum atomic E-state index is -1.43. The Bertz CT molecular complexity index is 1840. The lowest BCUT2D eigenvalue weighted by molar-refractivity contribution is -0.122. The molecule has 0 aliphatic carbocycles. The molecule has 4 atom stereocenters. The Labute approximate surface area is 252 Å². The van der Waals surface area contributed by atoms with Crippen molar-refractivity contribution < 1.29 is 19.1 Å². The number of fused-ring (bicyclic) bond motifs is 6. The quantitative estimate of drug-likeness (QED) is 0.252. The lowest BCUT2D eigenvalue weighted by atomic mass is 9.62. The van der Waals surface area contributed by atoms with E-state index in [9.17, 15) is 14.4 Å². The Morgan fingerprint density at radius 2 is 1.69 bits per heavy atom. The van der Waals surface area contributed by atoms with Gasteiger partial charge in [0.15, 0.2) is 11.6 Å². The van der Waals surface area contributed by atoms with E-state index in [-0.39, 0.29) is 28.1 Å². The molecule has 4 aromatic carbocycles. The van der Waals surface area contributed by atoms with Crippen LogP contribution in [0.1, 0.15) is 43.4 Å². The maximum Gasteiger partial charge on any atom is 0.238 e. The van der Waals surface area contributed by atoms with Crippen molar-refractivity contribution in [2.75, 3.05) is 12.4 Å². The van der Waals surface area contributed by atoms with Gasteiger partial charge in [-0.2, -0.15) is 0 Å². The fourth-order valence-corrected chi connectivity index (χ4v) is 7.47. The summed E-state index contributed by atoms with van der Waals surface area (Å²) in [5, 5.41) is 3.61.